The molecule has 0 saturated carbocycles. The summed E-state index contributed by atoms with van der Waals surface area (Å²) >= 11 is 1.25. The Balaban J connectivity index is 2.07. The number of amides is 1. The van der Waals surface area contributed by atoms with Gasteiger partial charge in [-0.2, -0.15) is 11.3 Å². The van der Waals surface area contributed by atoms with Crippen LogP contribution in [-0.4, -0.2) is 42.2 Å². The van der Waals surface area contributed by atoms with E-state index in [-0.39, 0.29) is 29.3 Å². The summed E-state index contributed by atoms with van der Waals surface area (Å²) in [5.74, 6) is 5.18. The van der Waals surface area contributed by atoms with Crippen molar-refractivity contribution in [1.29, 1.82) is 0 Å². The van der Waals surface area contributed by atoms with Crippen molar-refractivity contribution in [3.63, 3.8) is 0 Å². The summed E-state index contributed by atoms with van der Waals surface area (Å²) in [7, 11) is -3.70. The van der Waals surface area contributed by atoms with E-state index in [1.165, 1.54) is 46.6 Å². The lowest BCUT2D eigenvalue weighted by Crippen LogP contribution is -2.49. The standard InChI is InChI=1S/C16H21N5O5S2/c17-12(8-19-28(25,26)14-5-6-27-10-14)9-21(18)15(16(23)20-24)7-11-1-3-13(22)4-2-11/h1-6,9-10,15,19,22,24H,7-8,17-18H2,(H,20,23)/b12-9-/t15-/m0/s1. The number of nitrogens with one attached hydrogen (secondary N) is 2. The Labute approximate surface area is 166 Å². The van der Waals surface area contributed by atoms with Crippen LogP contribution < -0.4 is 21.8 Å². The molecule has 0 fully saturated rings. The summed E-state index contributed by atoms with van der Waals surface area (Å²) in [6.07, 6.45) is 1.31. The fraction of sp³-hybridized carbons (Fsp3) is 0.188. The van der Waals surface area contributed by atoms with Gasteiger partial charge in [-0.3, -0.25) is 10.0 Å². The minimum atomic E-state index is -3.70. The van der Waals surface area contributed by atoms with E-state index >= 15 is 0 Å². The monoisotopic (exact) mass is 427 g/mol. The second-order valence-corrected chi connectivity index (χ2v) is 8.34. The Morgan fingerprint density at radius 1 is 1.29 bits per heavy atom. The van der Waals surface area contributed by atoms with Crippen LogP contribution in [0.2, 0.25) is 0 Å². The molecule has 0 aliphatic carbocycles. The number of phenolic OH excluding ortho intramolecular Hbond substituents is 1. The molecule has 1 atom stereocenters. The number of hydrazine groups is 1. The predicted molar refractivity (Wildman–Crippen MR) is 103 cm³/mol. The Hall–Kier alpha value is -2.64. The number of carbonyl (C=O) groups is 1. The summed E-state index contributed by atoms with van der Waals surface area (Å²) in [6, 6.07) is 6.54. The summed E-state index contributed by atoms with van der Waals surface area (Å²) in [6.45, 7) is -0.224. The van der Waals surface area contributed by atoms with Crippen molar-refractivity contribution in [2.24, 2.45) is 11.6 Å². The Morgan fingerprint density at radius 2 is 1.96 bits per heavy atom. The molecule has 28 heavy (non-hydrogen) atoms. The van der Waals surface area contributed by atoms with Gasteiger partial charge in [-0.15, -0.1) is 0 Å². The minimum Gasteiger partial charge on any atom is -0.508 e. The van der Waals surface area contributed by atoms with E-state index in [4.69, 9.17) is 16.8 Å². The molecule has 0 bridgehead atoms. The number of carbonyl (C=O) groups excluding carboxylic acids is 1. The van der Waals surface area contributed by atoms with Gasteiger partial charge in [0.1, 0.15) is 11.8 Å². The first kappa shape index (κ1) is 21.7. The summed E-state index contributed by atoms with van der Waals surface area (Å²) in [4.78, 5) is 12.1. The van der Waals surface area contributed by atoms with Crippen LogP contribution in [0.15, 0.2) is 57.9 Å². The van der Waals surface area contributed by atoms with Gasteiger partial charge in [0.25, 0.3) is 5.91 Å². The second kappa shape index (κ2) is 9.52. The molecule has 2 aromatic rings. The van der Waals surface area contributed by atoms with E-state index in [9.17, 15) is 18.3 Å². The number of phenols is 1. The number of nitrogens with zero attached hydrogens (tertiary/aromatic N) is 1. The summed E-state index contributed by atoms with van der Waals surface area (Å²) < 4.78 is 26.5. The van der Waals surface area contributed by atoms with Crippen LogP contribution in [0.1, 0.15) is 5.56 Å². The van der Waals surface area contributed by atoms with Crippen molar-refractivity contribution in [3.8, 4) is 5.75 Å². The SMILES string of the molecule is N/C(=C\N(N)[C@@H](Cc1ccc(O)cc1)C(=O)NO)CNS(=O)(=O)c1ccsc1. The number of benzene rings is 1. The van der Waals surface area contributed by atoms with Gasteiger partial charge in [-0.1, -0.05) is 12.1 Å². The Kier molecular flexibility index (Phi) is 7.37. The minimum absolute atomic E-state index is 0.0581. The highest BCUT2D eigenvalue weighted by molar-refractivity contribution is 7.89. The molecule has 10 nitrogen and oxygen atoms in total. The quantitative estimate of drug-likeness (QED) is 0.182. The smallest absolute Gasteiger partial charge is 0.267 e. The Bertz CT molecular complexity index is 913. The first-order valence-electron chi connectivity index (χ1n) is 7.96. The normalized spacial score (nSPS) is 13.1. The molecular weight excluding hydrogens is 406 g/mol. The predicted octanol–water partition coefficient (Wildman–Crippen LogP) is -0.175. The van der Waals surface area contributed by atoms with Crippen LogP contribution >= 0.6 is 11.3 Å². The van der Waals surface area contributed by atoms with Gasteiger partial charge >= 0.3 is 0 Å². The van der Waals surface area contributed by atoms with Crippen molar-refractivity contribution in [2.75, 3.05) is 6.54 Å². The maximum atomic E-state index is 12.1. The van der Waals surface area contributed by atoms with Crippen LogP contribution in [-0.2, 0) is 21.2 Å². The fourth-order valence-corrected chi connectivity index (χ4v) is 4.30. The van der Waals surface area contributed by atoms with Crippen LogP contribution in [0, 0.1) is 0 Å². The number of rotatable bonds is 9. The summed E-state index contributed by atoms with van der Waals surface area (Å²) in [5.41, 5.74) is 8.08. The van der Waals surface area contributed by atoms with E-state index in [2.05, 4.69) is 4.72 Å². The van der Waals surface area contributed by atoms with Gasteiger partial charge in [-0.05, 0) is 29.1 Å². The van der Waals surface area contributed by atoms with Crippen LogP contribution in [0.5, 0.6) is 5.75 Å². The third-order valence-electron chi connectivity index (χ3n) is 3.72. The first-order valence-corrected chi connectivity index (χ1v) is 10.4. The highest BCUT2D eigenvalue weighted by Gasteiger charge is 2.23. The third kappa shape index (κ3) is 5.94. The average Bonchev–Trinajstić information content (AvgIpc) is 3.21. The molecule has 0 unspecified atom stereocenters. The molecule has 0 saturated heterocycles. The number of hydroxylamine groups is 1. The number of hydrogen-bond acceptors (Lipinski definition) is 9. The molecule has 1 amide bonds. The molecule has 152 valence electrons. The van der Waals surface area contributed by atoms with Gasteiger partial charge in [0, 0.05) is 23.7 Å². The first-order chi connectivity index (χ1) is 13.2. The highest BCUT2D eigenvalue weighted by atomic mass is 32.2. The van der Waals surface area contributed by atoms with E-state index < -0.39 is 22.0 Å². The largest absolute Gasteiger partial charge is 0.508 e. The topological polar surface area (TPSA) is 171 Å². The zero-order chi connectivity index (χ0) is 20.7. The number of aromatic hydroxyl groups is 1. The number of nitrogens with two attached hydrogens (primary N) is 2. The van der Waals surface area contributed by atoms with Gasteiger partial charge in [0.15, 0.2) is 0 Å². The van der Waals surface area contributed by atoms with Crippen molar-refractivity contribution >= 4 is 27.3 Å². The van der Waals surface area contributed by atoms with E-state index in [1.807, 2.05) is 0 Å². The van der Waals surface area contributed by atoms with Crippen molar-refractivity contribution in [2.45, 2.75) is 17.4 Å². The molecular formula is C16H21N5O5S2. The lowest BCUT2D eigenvalue weighted by Gasteiger charge is -2.25. The molecule has 2 rings (SSSR count). The van der Waals surface area contributed by atoms with Gasteiger partial charge in [0.05, 0.1) is 11.4 Å². The van der Waals surface area contributed by atoms with Gasteiger partial charge in [0.2, 0.25) is 10.0 Å². The lowest BCUT2D eigenvalue weighted by atomic mass is 10.0. The second-order valence-electron chi connectivity index (χ2n) is 5.80. The molecule has 0 aliphatic rings. The summed E-state index contributed by atoms with van der Waals surface area (Å²) in [5, 5.41) is 22.4. The van der Waals surface area contributed by atoms with Gasteiger partial charge < -0.3 is 15.8 Å². The molecule has 0 radical (unpaired) electrons. The van der Waals surface area contributed by atoms with Crippen LogP contribution in [0.4, 0.5) is 0 Å². The maximum absolute atomic E-state index is 12.1. The van der Waals surface area contributed by atoms with E-state index in [1.54, 1.807) is 17.5 Å². The molecule has 12 heteroatoms. The molecule has 8 N–H and O–H groups in total. The van der Waals surface area contributed by atoms with Crippen LogP contribution in [0.3, 0.4) is 0 Å². The number of sulfonamides is 1. The van der Waals surface area contributed by atoms with E-state index in [0.29, 0.717) is 5.56 Å². The number of thiophene rings is 1. The molecule has 0 aliphatic heterocycles. The van der Waals surface area contributed by atoms with Crippen LogP contribution in [0.25, 0.3) is 0 Å². The zero-order valence-corrected chi connectivity index (χ0v) is 16.3. The third-order valence-corrected chi connectivity index (χ3v) is 5.96. The van der Waals surface area contributed by atoms with Crippen molar-refractivity contribution in [1.82, 2.24) is 15.2 Å². The zero-order valence-electron chi connectivity index (χ0n) is 14.6. The van der Waals surface area contributed by atoms with Gasteiger partial charge in [-0.25, -0.2) is 24.5 Å². The Morgan fingerprint density at radius 3 is 2.54 bits per heavy atom. The maximum Gasteiger partial charge on any atom is 0.267 e. The molecule has 0 spiro atoms. The lowest BCUT2D eigenvalue weighted by molar-refractivity contribution is -0.134. The number of hydrogen-bond donors (Lipinski definition) is 6. The average molecular weight is 428 g/mol. The van der Waals surface area contributed by atoms with Crippen molar-refractivity contribution in [3.05, 3.63) is 58.6 Å². The molecule has 1 heterocycles. The highest BCUT2D eigenvalue weighted by Crippen LogP contribution is 2.14. The molecule has 1 aromatic carbocycles. The fourth-order valence-electron chi connectivity index (χ4n) is 2.26. The van der Waals surface area contributed by atoms with E-state index in [0.717, 1.165) is 5.01 Å². The van der Waals surface area contributed by atoms with Crippen molar-refractivity contribution < 1.29 is 23.5 Å². The molecule has 1 aromatic heterocycles.